The summed E-state index contributed by atoms with van der Waals surface area (Å²) in [5.41, 5.74) is 0.465. The van der Waals surface area contributed by atoms with Gasteiger partial charge in [0.05, 0.1) is 7.11 Å². The molecule has 0 aliphatic carbocycles. The normalized spacial score (nSPS) is 12.2. The van der Waals surface area contributed by atoms with Crippen LogP contribution in [0.25, 0.3) is 0 Å². The van der Waals surface area contributed by atoms with Gasteiger partial charge in [-0.1, -0.05) is 22.0 Å². The van der Waals surface area contributed by atoms with Crippen molar-refractivity contribution >= 4 is 27.7 Å². The molecule has 0 radical (unpaired) electrons. The van der Waals surface area contributed by atoms with Crippen molar-refractivity contribution in [3.05, 3.63) is 46.8 Å². The highest BCUT2D eigenvalue weighted by Crippen LogP contribution is 2.28. The molecule has 1 heterocycles. The van der Waals surface area contributed by atoms with Crippen LogP contribution in [-0.4, -0.2) is 27.9 Å². The maximum atomic E-state index is 10.1. The van der Waals surface area contributed by atoms with Gasteiger partial charge in [-0.15, -0.1) is 11.8 Å². The molecule has 0 saturated heterocycles. The lowest BCUT2D eigenvalue weighted by atomic mass is 10.3. The largest absolute Gasteiger partial charge is 0.480 e. The second kappa shape index (κ2) is 6.88. The highest BCUT2D eigenvalue weighted by molar-refractivity contribution is 9.10. The lowest BCUT2D eigenvalue weighted by Crippen LogP contribution is -2.06. The average molecular weight is 341 g/mol. The predicted octanol–water partition coefficient (Wildman–Crippen LogP) is 3.07. The van der Waals surface area contributed by atoms with Gasteiger partial charge in [-0.25, -0.2) is 4.98 Å². The lowest BCUT2D eigenvalue weighted by Gasteiger charge is -2.12. The molecule has 0 saturated carbocycles. The third-order valence-electron chi connectivity index (χ3n) is 2.40. The molecule has 1 aromatic carbocycles. The zero-order valence-corrected chi connectivity index (χ0v) is 12.7. The van der Waals surface area contributed by atoms with Crippen LogP contribution in [0, 0.1) is 0 Å². The summed E-state index contributed by atoms with van der Waals surface area (Å²) in [6.45, 7) is 0. The maximum absolute atomic E-state index is 10.1. The number of thioether (sulfide) groups is 1. The summed E-state index contributed by atoms with van der Waals surface area (Å²) < 4.78 is 6.10. The van der Waals surface area contributed by atoms with E-state index in [1.54, 1.807) is 18.0 Å². The Kier molecular flexibility index (Phi) is 5.18. The number of methoxy groups -OCH3 is 1. The fraction of sp³-hybridized carbons (Fsp3) is 0.231. The molecule has 19 heavy (non-hydrogen) atoms. The minimum Gasteiger partial charge on any atom is -0.480 e. The van der Waals surface area contributed by atoms with Crippen LogP contribution in [0.2, 0.25) is 0 Å². The number of benzene rings is 1. The molecule has 0 amide bonds. The Morgan fingerprint density at radius 1 is 1.37 bits per heavy atom. The highest BCUT2D eigenvalue weighted by Gasteiger charge is 2.16. The van der Waals surface area contributed by atoms with Gasteiger partial charge in [-0.3, -0.25) is 4.98 Å². The van der Waals surface area contributed by atoms with Crippen molar-refractivity contribution in [3.8, 4) is 5.88 Å². The van der Waals surface area contributed by atoms with Crippen LogP contribution < -0.4 is 4.74 Å². The molecule has 0 spiro atoms. The average Bonchev–Trinajstić information content (AvgIpc) is 2.45. The second-order valence-electron chi connectivity index (χ2n) is 3.74. The van der Waals surface area contributed by atoms with Gasteiger partial charge in [0, 0.05) is 27.5 Å². The number of hydrogen-bond donors (Lipinski definition) is 1. The summed E-state index contributed by atoms with van der Waals surface area (Å²) in [6.07, 6.45) is 2.37. The molecule has 0 aliphatic rings. The van der Waals surface area contributed by atoms with Crippen molar-refractivity contribution in [1.82, 2.24) is 9.97 Å². The Morgan fingerprint density at radius 3 is 2.89 bits per heavy atom. The summed E-state index contributed by atoms with van der Waals surface area (Å²) in [6, 6.07) is 7.93. The first kappa shape index (κ1) is 14.3. The van der Waals surface area contributed by atoms with Gasteiger partial charge in [0.25, 0.3) is 0 Å². The Morgan fingerprint density at radius 2 is 2.16 bits per heavy atom. The molecule has 1 aromatic heterocycles. The molecule has 100 valence electrons. The van der Waals surface area contributed by atoms with Crippen molar-refractivity contribution in [3.63, 3.8) is 0 Å². The number of halogens is 1. The molecule has 0 bridgehead atoms. The number of ether oxygens (including phenoxy) is 1. The van der Waals surface area contributed by atoms with Crippen molar-refractivity contribution < 1.29 is 9.84 Å². The zero-order valence-electron chi connectivity index (χ0n) is 10.3. The Labute approximate surface area is 124 Å². The van der Waals surface area contributed by atoms with E-state index in [1.807, 2.05) is 24.3 Å². The minimum atomic E-state index is -0.715. The zero-order chi connectivity index (χ0) is 13.7. The van der Waals surface area contributed by atoms with Crippen molar-refractivity contribution in [2.45, 2.75) is 11.0 Å². The summed E-state index contributed by atoms with van der Waals surface area (Å²) in [5.74, 6) is 0.857. The number of aliphatic hydroxyl groups excluding tert-OH is 1. The molecule has 1 N–H and O–H groups in total. The van der Waals surface area contributed by atoms with Gasteiger partial charge >= 0.3 is 0 Å². The first-order valence-corrected chi connectivity index (χ1v) is 7.40. The topological polar surface area (TPSA) is 55.2 Å². The van der Waals surface area contributed by atoms with Crippen LogP contribution in [0.1, 0.15) is 11.8 Å². The van der Waals surface area contributed by atoms with Crippen LogP contribution in [-0.2, 0) is 0 Å². The summed E-state index contributed by atoms with van der Waals surface area (Å²) in [7, 11) is 1.52. The van der Waals surface area contributed by atoms with E-state index >= 15 is 0 Å². The van der Waals surface area contributed by atoms with Crippen molar-refractivity contribution in [1.29, 1.82) is 0 Å². The number of hydrogen-bond acceptors (Lipinski definition) is 5. The van der Waals surface area contributed by atoms with E-state index in [0.717, 1.165) is 9.37 Å². The molecule has 1 unspecified atom stereocenters. The Balaban J connectivity index is 2.03. The van der Waals surface area contributed by atoms with E-state index < -0.39 is 6.10 Å². The second-order valence-corrected chi connectivity index (χ2v) is 5.74. The lowest BCUT2D eigenvalue weighted by molar-refractivity contribution is 0.192. The fourth-order valence-corrected chi connectivity index (χ4v) is 2.98. The molecule has 0 aliphatic heterocycles. The first-order valence-electron chi connectivity index (χ1n) is 5.62. The standard InChI is InChI=1S/C13H13BrN2O2S/c1-18-13-12(15-5-6-16-13)11(17)8-19-10-4-2-3-9(14)7-10/h2-7,11,17H,8H2,1H3. The van der Waals surface area contributed by atoms with Crippen molar-refractivity contribution in [2.24, 2.45) is 0 Å². The molecule has 2 aromatic rings. The van der Waals surface area contributed by atoms with E-state index in [9.17, 15) is 5.11 Å². The predicted molar refractivity (Wildman–Crippen MR) is 78.4 cm³/mol. The quantitative estimate of drug-likeness (QED) is 0.847. The van der Waals surface area contributed by atoms with E-state index in [-0.39, 0.29) is 0 Å². The summed E-state index contributed by atoms with van der Waals surface area (Å²) in [5, 5.41) is 10.1. The number of nitrogens with zero attached hydrogens (tertiary/aromatic N) is 2. The monoisotopic (exact) mass is 340 g/mol. The van der Waals surface area contributed by atoms with Crippen LogP contribution in [0.4, 0.5) is 0 Å². The Hall–Kier alpha value is -1.11. The fourth-order valence-electron chi connectivity index (χ4n) is 1.53. The van der Waals surface area contributed by atoms with E-state index in [2.05, 4.69) is 25.9 Å². The third-order valence-corrected chi connectivity index (χ3v) is 3.97. The molecular weight excluding hydrogens is 328 g/mol. The Bertz CT molecular complexity index is 554. The number of rotatable bonds is 5. The summed E-state index contributed by atoms with van der Waals surface area (Å²) in [4.78, 5) is 9.22. The molecule has 2 rings (SSSR count). The minimum absolute atomic E-state index is 0.366. The van der Waals surface area contributed by atoms with E-state index in [0.29, 0.717) is 17.3 Å². The van der Waals surface area contributed by atoms with Crippen LogP contribution in [0.3, 0.4) is 0 Å². The highest BCUT2D eigenvalue weighted by atomic mass is 79.9. The van der Waals surface area contributed by atoms with Crippen LogP contribution in [0.5, 0.6) is 5.88 Å². The number of aliphatic hydroxyl groups is 1. The van der Waals surface area contributed by atoms with Crippen LogP contribution >= 0.6 is 27.7 Å². The molecule has 6 heteroatoms. The number of aromatic nitrogens is 2. The third kappa shape index (κ3) is 3.92. The molecule has 4 nitrogen and oxygen atoms in total. The van der Waals surface area contributed by atoms with Gasteiger partial charge in [0.1, 0.15) is 11.8 Å². The van der Waals surface area contributed by atoms with Gasteiger partial charge in [-0.2, -0.15) is 0 Å². The smallest absolute Gasteiger partial charge is 0.238 e. The SMILES string of the molecule is COc1nccnc1C(O)CSc1cccc(Br)c1. The maximum Gasteiger partial charge on any atom is 0.238 e. The van der Waals surface area contributed by atoms with Gasteiger partial charge in [0.2, 0.25) is 5.88 Å². The van der Waals surface area contributed by atoms with Gasteiger partial charge in [-0.05, 0) is 18.2 Å². The van der Waals surface area contributed by atoms with E-state index in [1.165, 1.54) is 13.3 Å². The summed E-state index contributed by atoms with van der Waals surface area (Å²) >= 11 is 4.97. The van der Waals surface area contributed by atoms with Gasteiger partial charge in [0.15, 0.2) is 0 Å². The molecule has 1 atom stereocenters. The van der Waals surface area contributed by atoms with Crippen LogP contribution in [0.15, 0.2) is 46.0 Å². The molecule has 0 fully saturated rings. The van der Waals surface area contributed by atoms with E-state index in [4.69, 9.17) is 4.74 Å². The van der Waals surface area contributed by atoms with Gasteiger partial charge < -0.3 is 9.84 Å². The molecular formula is C13H13BrN2O2S. The first-order chi connectivity index (χ1) is 9.20. The van der Waals surface area contributed by atoms with Crippen molar-refractivity contribution in [2.75, 3.05) is 12.9 Å².